The standard InChI is InChI=1S/C17H21F2N3O2S/c1-11(2)16-22-13(10-25-16)5-6-20-17(23)21-7-8-24-15-4-3-12(18)9-14(15)19/h3-4,9-11H,5-8H2,1-2H3,(H2,20,21,23). The van der Waals surface area contributed by atoms with E-state index in [1.165, 1.54) is 6.07 Å². The molecule has 0 unspecified atom stereocenters. The molecule has 0 aliphatic carbocycles. The summed E-state index contributed by atoms with van der Waals surface area (Å²) in [6.45, 7) is 4.94. The summed E-state index contributed by atoms with van der Waals surface area (Å²) in [4.78, 5) is 16.1. The van der Waals surface area contributed by atoms with Crippen molar-refractivity contribution < 1.29 is 18.3 Å². The smallest absolute Gasteiger partial charge is 0.314 e. The molecule has 0 bridgehead atoms. The number of nitrogens with zero attached hydrogens (tertiary/aromatic N) is 1. The number of rotatable bonds is 8. The molecule has 25 heavy (non-hydrogen) atoms. The second-order valence-corrected chi connectivity index (χ2v) is 6.58. The molecule has 0 radical (unpaired) electrons. The number of thiazole rings is 1. The van der Waals surface area contributed by atoms with Crippen LogP contribution in [0.1, 0.15) is 30.5 Å². The third-order valence-corrected chi connectivity index (χ3v) is 4.46. The molecule has 8 heteroatoms. The van der Waals surface area contributed by atoms with Crippen LogP contribution in [0.15, 0.2) is 23.6 Å². The molecular formula is C17H21F2N3O2S. The fourth-order valence-electron chi connectivity index (χ4n) is 1.99. The van der Waals surface area contributed by atoms with Gasteiger partial charge in [0.2, 0.25) is 0 Å². The second-order valence-electron chi connectivity index (χ2n) is 5.69. The maximum Gasteiger partial charge on any atom is 0.314 e. The van der Waals surface area contributed by atoms with Crippen LogP contribution in [0.3, 0.4) is 0 Å². The van der Waals surface area contributed by atoms with E-state index in [9.17, 15) is 13.6 Å². The summed E-state index contributed by atoms with van der Waals surface area (Å²) in [5, 5.41) is 8.41. The number of aromatic nitrogens is 1. The third-order valence-electron chi connectivity index (χ3n) is 3.27. The molecule has 0 atom stereocenters. The first kappa shape index (κ1) is 19.1. The van der Waals surface area contributed by atoms with Crippen LogP contribution in [0.5, 0.6) is 5.75 Å². The van der Waals surface area contributed by atoms with Gasteiger partial charge in [-0.25, -0.2) is 18.6 Å². The van der Waals surface area contributed by atoms with Gasteiger partial charge in [-0.3, -0.25) is 0 Å². The zero-order chi connectivity index (χ0) is 18.2. The summed E-state index contributed by atoms with van der Waals surface area (Å²) in [5.74, 6) is -1.08. The van der Waals surface area contributed by atoms with E-state index in [1.807, 2.05) is 5.38 Å². The zero-order valence-corrected chi connectivity index (χ0v) is 15.0. The first-order valence-electron chi connectivity index (χ1n) is 7.99. The molecule has 2 rings (SSSR count). The highest BCUT2D eigenvalue weighted by molar-refractivity contribution is 7.09. The number of urea groups is 1. The highest BCUT2D eigenvalue weighted by atomic mass is 32.1. The maximum absolute atomic E-state index is 13.3. The van der Waals surface area contributed by atoms with Crippen molar-refractivity contribution in [2.45, 2.75) is 26.2 Å². The van der Waals surface area contributed by atoms with Gasteiger partial charge in [0, 0.05) is 30.3 Å². The number of amides is 2. The Bertz CT molecular complexity index is 707. The van der Waals surface area contributed by atoms with Crippen molar-refractivity contribution in [3.05, 3.63) is 45.9 Å². The zero-order valence-electron chi connectivity index (χ0n) is 14.1. The van der Waals surface area contributed by atoms with Gasteiger partial charge in [-0.15, -0.1) is 11.3 Å². The van der Waals surface area contributed by atoms with Crippen molar-refractivity contribution >= 4 is 17.4 Å². The van der Waals surface area contributed by atoms with Gasteiger partial charge in [0.15, 0.2) is 11.6 Å². The summed E-state index contributed by atoms with van der Waals surface area (Å²) in [6, 6.07) is 2.74. The monoisotopic (exact) mass is 369 g/mol. The van der Waals surface area contributed by atoms with E-state index in [4.69, 9.17) is 4.74 Å². The van der Waals surface area contributed by atoms with E-state index in [0.29, 0.717) is 18.9 Å². The first-order chi connectivity index (χ1) is 12.0. The minimum Gasteiger partial charge on any atom is -0.489 e. The summed E-state index contributed by atoms with van der Waals surface area (Å²) in [6.07, 6.45) is 0.661. The molecular weight excluding hydrogens is 348 g/mol. The predicted molar refractivity (Wildman–Crippen MR) is 93.2 cm³/mol. The fourth-order valence-corrected chi connectivity index (χ4v) is 2.86. The average molecular weight is 369 g/mol. The van der Waals surface area contributed by atoms with Gasteiger partial charge in [-0.2, -0.15) is 0 Å². The number of benzene rings is 1. The molecule has 0 saturated heterocycles. The number of nitrogens with one attached hydrogen (secondary N) is 2. The molecule has 2 N–H and O–H groups in total. The minimum atomic E-state index is -0.770. The van der Waals surface area contributed by atoms with Crippen LogP contribution in [-0.2, 0) is 6.42 Å². The minimum absolute atomic E-state index is 0.0481. The number of carbonyl (C=O) groups excluding carboxylic acids is 1. The largest absolute Gasteiger partial charge is 0.489 e. The van der Waals surface area contributed by atoms with E-state index in [0.717, 1.165) is 22.8 Å². The SMILES string of the molecule is CC(C)c1nc(CCNC(=O)NCCOc2ccc(F)cc2F)cs1. The van der Waals surface area contributed by atoms with Crippen LogP contribution in [0, 0.1) is 11.6 Å². The Morgan fingerprint density at radius 3 is 2.72 bits per heavy atom. The molecule has 136 valence electrons. The van der Waals surface area contributed by atoms with E-state index in [2.05, 4.69) is 29.5 Å². The Labute approximate surface area is 149 Å². The van der Waals surface area contributed by atoms with Crippen LogP contribution in [0.2, 0.25) is 0 Å². The van der Waals surface area contributed by atoms with Crippen molar-refractivity contribution in [2.75, 3.05) is 19.7 Å². The Kier molecular flexibility index (Phi) is 7.12. The van der Waals surface area contributed by atoms with Crippen molar-refractivity contribution in [1.82, 2.24) is 15.6 Å². The van der Waals surface area contributed by atoms with E-state index >= 15 is 0 Å². The predicted octanol–water partition coefficient (Wildman–Crippen LogP) is 3.47. The highest BCUT2D eigenvalue weighted by Gasteiger charge is 2.07. The number of hydrogen-bond donors (Lipinski definition) is 2. The lowest BCUT2D eigenvalue weighted by atomic mass is 10.2. The molecule has 1 heterocycles. The molecule has 0 saturated carbocycles. The van der Waals surface area contributed by atoms with Crippen molar-refractivity contribution in [1.29, 1.82) is 0 Å². The number of hydrogen-bond acceptors (Lipinski definition) is 4. The molecule has 0 aliphatic rings. The first-order valence-corrected chi connectivity index (χ1v) is 8.87. The molecule has 5 nitrogen and oxygen atoms in total. The normalized spacial score (nSPS) is 10.8. The summed E-state index contributed by atoms with van der Waals surface area (Å²) >= 11 is 1.62. The number of ether oxygens (including phenoxy) is 1. The van der Waals surface area contributed by atoms with Crippen molar-refractivity contribution in [2.24, 2.45) is 0 Å². The average Bonchev–Trinajstić information content (AvgIpc) is 3.02. The van der Waals surface area contributed by atoms with Gasteiger partial charge in [-0.05, 0) is 12.1 Å². The van der Waals surface area contributed by atoms with Gasteiger partial charge in [-0.1, -0.05) is 13.8 Å². The number of carbonyl (C=O) groups is 1. The lowest BCUT2D eigenvalue weighted by Crippen LogP contribution is -2.38. The van der Waals surface area contributed by atoms with Gasteiger partial charge in [0.1, 0.15) is 12.4 Å². The lowest BCUT2D eigenvalue weighted by Gasteiger charge is -2.09. The maximum atomic E-state index is 13.3. The molecule has 2 amide bonds. The molecule has 1 aromatic carbocycles. The Morgan fingerprint density at radius 2 is 2.04 bits per heavy atom. The van der Waals surface area contributed by atoms with Gasteiger partial charge >= 0.3 is 6.03 Å². The molecule has 2 aromatic rings. The molecule has 0 spiro atoms. The molecule has 0 aliphatic heterocycles. The second kappa shape index (κ2) is 9.31. The summed E-state index contributed by atoms with van der Waals surface area (Å²) < 4.78 is 31.3. The van der Waals surface area contributed by atoms with Crippen LogP contribution in [-0.4, -0.2) is 30.7 Å². The van der Waals surface area contributed by atoms with Crippen molar-refractivity contribution in [3.8, 4) is 5.75 Å². The summed E-state index contributed by atoms with van der Waals surface area (Å²) in [5.41, 5.74) is 0.962. The quantitative estimate of drug-likeness (QED) is 0.701. The third kappa shape index (κ3) is 6.30. The fraction of sp³-hybridized carbons (Fsp3) is 0.412. The van der Waals surface area contributed by atoms with Crippen LogP contribution in [0.4, 0.5) is 13.6 Å². The Balaban J connectivity index is 1.60. The van der Waals surface area contributed by atoms with Crippen LogP contribution >= 0.6 is 11.3 Å². The Hall–Kier alpha value is -2.22. The van der Waals surface area contributed by atoms with Gasteiger partial charge < -0.3 is 15.4 Å². The molecule has 1 aromatic heterocycles. The van der Waals surface area contributed by atoms with Gasteiger partial charge in [0.25, 0.3) is 0 Å². The number of halogens is 2. The van der Waals surface area contributed by atoms with Crippen LogP contribution < -0.4 is 15.4 Å². The Morgan fingerprint density at radius 1 is 1.28 bits per heavy atom. The highest BCUT2D eigenvalue weighted by Crippen LogP contribution is 2.19. The topological polar surface area (TPSA) is 63.2 Å². The van der Waals surface area contributed by atoms with E-state index in [-0.39, 0.29) is 24.9 Å². The van der Waals surface area contributed by atoms with Gasteiger partial charge in [0.05, 0.1) is 17.2 Å². The van der Waals surface area contributed by atoms with Crippen molar-refractivity contribution in [3.63, 3.8) is 0 Å². The van der Waals surface area contributed by atoms with E-state index in [1.54, 1.807) is 11.3 Å². The van der Waals surface area contributed by atoms with Crippen LogP contribution in [0.25, 0.3) is 0 Å². The van der Waals surface area contributed by atoms with E-state index < -0.39 is 11.6 Å². The summed E-state index contributed by atoms with van der Waals surface area (Å²) in [7, 11) is 0. The lowest BCUT2D eigenvalue weighted by molar-refractivity contribution is 0.236. The molecule has 0 fully saturated rings.